The predicted molar refractivity (Wildman–Crippen MR) is 100 cm³/mol. The molecule has 0 atom stereocenters. The first-order valence-corrected chi connectivity index (χ1v) is 9.05. The van der Waals surface area contributed by atoms with Crippen molar-refractivity contribution in [3.8, 4) is 11.5 Å². The van der Waals surface area contributed by atoms with Gasteiger partial charge in [-0.15, -0.1) is 0 Å². The van der Waals surface area contributed by atoms with Crippen LogP contribution in [0.1, 0.15) is 6.92 Å². The molecule has 8 nitrogen and oxygen atoms in total. The number of pyridine rings is 1. The number of nitrogens with zero attached hydrogens (tertiary/aromatic N) is 2. The van der Waals surface area contributed by atoms with Crippen molar-refractivity contribution in [2.75, 3.05) is 50.0 Å². The second-order valence-corrected chi connectivity index (χ2v) is 6.40. The van der Waals surface area contributed by atoms with Gasteiger partial charge in [0.05, 0.1) is 25.8 Å². The van der Waals surface area contributed by atoms with Crippen molar-refractivity contribution in [3.05, 3.63) is 42.3 Å². The van der Waals surface area contributed by atoms with Crippen LogP contribution in [-0.2, 0) is 9.53 Å². The van der Waals surface area contributed by atoms with Crippen molar-refractivity contribution in [1.29, 1.82) is 0 Å². The highest BCUT2D eigenvalue weighted by atomic mass is 19.1. The van der Waals surface area contributed by atoms with E-state index in [1.165, 1.54) is 31.3 Å². The fourth-order valence-electron chi connectivity index (χ4n) is 2.83. The van der Waals surface area contributed by atoms with Gasteiger partial charge in [-0.3, -0.25) is 15.0 Å². The molecule has 1 fully saturated rings. The third-order valence-corrected chi connectivity index (χ3v) is 4.22. The fourth-order valence-corrected chi connectivity index (χ4v) is 2.83. The highest BCUT2D eigenvalue weighted by molar-refractivity contribution is 5.88. The Kier molecular flexibility index (Phi) is 6.62. The summed E-state index contributed by atoms with van der Waals surface area (Å²) >= 11 is 0. The fraction of sp³-hybridized carbons (Fsp3) is 0.368. The largest absolute Gasteiger partial charge is 0.454 e. The maximum Gasteiger partial charge on any atom is 0.317 e. The number of benzene rings is 1. The minimum atomic E-state index is -0.603. The SMILES string of the molecule is CC(=O)Nc1ccc(Oc2cc[n+](O)c(NCCN3CCOCC3)c2)c(F)c1. The highest BCUT2D eigenvalue weighted by Gasteiger charge is 2.15. The van der Waals surface area contributed by atoms with E-state index in [1.54, 1.807) is 12.1 Å². The molecule has 2 aromatic rings. The van der Waals surface area contributed by atoms with Crippen LogP contribution in [0.15, 0.2) is 36.5 Å². The number of rotatable bonds is 7. The molecule has 0 spiro atoms. The van der Waals surface area contributed by atoms with E-state index in [4.69, 9.17) is 9.47 Å². The molecule has 1 aromatic carbocycles. The van der Waals surface area contributed by atoms with Gasteiger partial charge in [-0.25, -0.2) is 4.39 Å². The van der Waals surface area contributed by atoms with Crippen molar-refractivity contribution < 1.29 is 28.6 Å². The first-order chi connectivity index (χ1) is 13.5. The molecule has 150 valence electrons. The molecular weight excluding hydrogens is 367 g/mol. The van der Waals surface area contributed by atoms with Crippen LogP contribution in [0.3, 0.4) is 0 Å². The summed E-state index contributed by atoms with van der Waals surface area (Å²) in [5, 5.41) is 15.6. The first kappa shape index (κ1) is 19.8. The maximum absolute atomic E-state index is 14.2. The van der Waals surface area contributed by atoms with Crippen LogP contribution in [0.25, 0.3) is 0 Å². The molecular formula is C19H24FN4O4+. The number of carbonyl (C=O) groups excluding carboxylic acids is 1. The monoisotopic (exact) mass is 391 g/mol. The molecule has 28 heavy (non-hydrogen) atoms. The van der Waals surface area contributed by atoms with E-state index >= 15 is 0 Å². The number of aromatic nitrogens is 1. The number of carbonyl (C=O) groups is 1. The lowest BCUT2D eigenvalue weighted by molar-refractivity contribution is -0.893. The highest BCUT2D eigenvalue weighted by Crippen LogP contribution is 2.27. The quantitative estimate of drug-likeness (QED) is 0.493. The molecule has 0 aliphatic carbocycles. The summed E-state index contributed by atoms with van der Waals surface area (Å²) < 4.78 is 26.1. The maximum atomic E-state index is 14.2. The summed E-state index contributed by atoms with van der Waals surface area (Å²) in [6.45, 7) is 6.03. The van der Waals surface area contributed by atoms with Crippen LogP contribution in [0.5, 0.6) is 11.5 Å². The van der Waals surface area contributed by atoms with Crippen molar-refractivity contribution in [2.24, 2.45) is 0 Å². The molecule has 0 unspecified atom stereocenters. The van der Waals surface area contributed by atoms with Gasteiger partial charge in [0.25, 0.3) is 0 Å². The summed E-state index contributed by atoms with van der Waals surface area (Å²) in [6, 6.07) is 7.28. The number of nitrogens with one attached hydrogen (secondary N) is 2. The van der Waals surface area contributed by atoms with Gasteiger partial charge in [0.2, 0.25) is 5.91 Å². The van der Waals surface area contributed by atoms with E-state index in [-0.39, 0.29) is 11.7 Å². The van der Waals surface area contributed by atoms with Gasteiger partial charge >= 0.3 is 5.82 Å². The molecule has 1 saturated heterocycles. The van der Waals surface area contributed by atoms with Crippen molar-refractivity contribution in [3.63, 3.8) is 0 Å². The Labute approximate surface area is 162 Å². The smallest absolute Gasteiger partial charge is 0.317 e. The molecule has 3 rings (SSSR count). The van der Waals surface area contributed by atoms with Crippen molar-refractivity contribution >= 4 is 17.4 Å². The Morgan fingerprint density at radius 3 is 2.82 bits per heavy atom. The summed E-state index contributed by atoms with van der Waals surface area (Å²) in [4.78, 5) is 13.3. The zero-order valence-corrected chi connectivity index (χ0v) is 15.7. The molecule has 3 N–H and O–H groups in total. The van der Waals surface area contributed by atoms with Gasteiger partial charge in [0.15, 0.2) is 11.6 Å². The molecule has 1 amide bonds. The third-order valence-electron chi connectivity index (χ3n) is 4.22. The van der Waals surface area contributed by atoms with Gasteiger partial charge in [-0.1, -0.05) is 4.73 Å². The lowest BCUT2D eigenvalue weighted by atomic mass is 10.3. The number of ether oxygens (including phenoxy) is 2. The number of halogens is 1. The lowest BCUT2D eigenvalue weighted by Crippen LogP contribution is -2.40. The van der Waals surface area contributed by atoms with Gasteiger partial charge in [-0.05, 0) is 12.1 Å². The predicted octanol–water partition coefficient (Wildman–Crippen LogP) is 1.85. The van der Waals surface area contributed by atoms with Gasteiger partial charge in [0.1, 0.15) is 11.9 Å². The van der Waals surface area contributed by atoms with Crippen molar-refractivity contribution in [1.82, 2.24) is 4.90 Å². The average molecular weight is 391 g/mol. The Bertz CT molecular complexity index is 828. The minimum absolute atomic E-state index is 0.0176. The van der Waals surface area contributed by atoms with Crippen LogP contribution >= 0.6 is 0 Å². The Morgan fingerprint density at radius 2 is 2.11 bits per heavy atom. The number of hydrogen-bond acceptors (Lipinski definition) is 6. The number of hydrogen-bond donors (Lipinski definition) is 3. The first-order valence-electron chi connectivity index (χ1n) is 9.05. The summed E-state index contributed by atoms with van der Waals surface area (Å²) in [5.74, 6) is -0.0688. The normalized spacial score (nSPS) is 14.5. The molecule has 1 aliphatic rings. The zero-order chi connectivity index (χ0) is 19.9. The second-order valence-electron chi connectivity index (χ2n) is 6.40. The van der Waals surface area contributed by atoms with E-state index in [2.05, 4.69) is 15.5 Å². The van der Waals surface area contributed by atoms with Crippen LogP contribution in [0, 0.1) is 5.82 Å². The molecule has 0 saturated carbocycles. The Hall–Kier alpha value is -2.91. The Morgan fingerprint density at radius 1 is 1.32 bits per heavy atom. The number of amides is 1. The molecule has 1 aliphatic heterocycles. The minimum Gasteiger partial charge on any atom is -0.454 e. The van der Waals surface area contributed by atoms with Crippen LogP contribution < -0.4 is 20.1 Å². The standard InChI is InChI=1S/C19H23FN4O4/c1-14(25)22-15-2-3-18(17(20)12-15)28-16-4-6-24(26)19(13-16)21-5-7-23-8-10-27-11-9-23/h2-4,6,12-13,26H,5,7-11H2,1H3,(H,22,25)/p+1. The van der Waals surface area contributed by atoms with Gasteiger partial charge in [-0.2, -0.15) is 0 Å². The van der Waals surface area contributed by atoms with Crippen LogP contribution in [0.4, 0.5) is 15.9 Å². The van der Waals surface area contributed by atoms with E-state index in [1.807, 2.05) is 0 Å². The Balaban J connectivity index is 1.61. The van der Waals surface area contributed by atoms with Crippen LogP contribution in [-0.4, -0.2) is 55.4 Å². The van der Waals surface area contributed by atoms with E-state index < -0.39 is 5.82 Å². The molecule has 1 aromatic heterocycles. The van der Waals surface area contributed by atoms with Gasteiger partial charge in [0, 0.05) is 44.4 Å². The lowest BCUT2D eigenvalue weighted by Gasteiger charge is -2.25. The number of anilines is 2. The third kappa shape index (κ3) is 5.54. The van der Waals surface area contributed by atoms with Crippen LogP contribution in [0.2, 0.25) is 0 Å². The molecule has 9 heteroatoms. The molecule has 0 bridgehead atoms. The molecule has 0 radical (unpaired) electrons. The zero-order valence-electron chi connectivity index (χ0n) is 15.7. The van der Waals surface area contributed by atoms with Gasteiger partial charge < -0.3 is 20.0 Å². The summed E-state index contributed by atoms with van der Waals surface area (Å²) in [6.07, 6.45) is 1.41. The summed E-state index contributed by atoms with van der Waals surface area (Å²) in [5.41, 5.74) is 0.351. The van der Waals surface area contributed by atoms with E-state index in [0.717, 1.165) is 37.6 Å². The van der Waals surface area contributed by atoms with E-state index in [9.17, 15) is 14.4 Å². The topological polar surface area (TPSA) is 86.9 Å². The van der Waals surface area contributed by atoms with Crippen molar-refractivity contribution in [2.45, 2.75) is 6.92 Å². The van der Waals surface area contributed by atoms with E-state index in [0.29, 0.717) is 23.8 Å². The average Bonchev–Trinajstić information content (AvgIpc) is 2.67. The second kappa shape index (κ2) is 9.34. The summed E-state index contributed by atoms with van der Waals surface area (Å²) in [7, 11) is 0. The molecule has 2 heterocycles. The number of morpholine rings is 1.